The number of amides is 1. The van der Waals surface area contributed by atoms with Gasteiger partial charge >= 0.3 is 5.97 Å². The van der Waals surface area contributed by atoms with E-state index in [0.717, 1.165) is 16.9 Å². The minimum atomic E-state index is -0.500. The van der Waals surface area contributed by atoms with E-state index in [9.17, 15) is 9.59 Å². The van der Waals surface area contributed by atoms with Crippen LogP contribution in [0.2, 0.25) is 0 Å². The van der Waals surface area contributed by atoms with Gasteiger partial charge in [0.15, 0.2) is 6.61 Å². The second kappa shape index (κ2) is 8.15. The van der Waals surface area contributed by atoms with Crippen LogP contribution in [-0.2, 0) is 9.53 Å². The summed E-state index contributed by atoms with van der Waals surface area (Å²) in [5.74, 6) is -0.0926. The number of benzene rings is 2. The molecular weight excluding hydrogens is 306 g/mol. The second-order valence-electron chi connectivity index (χ2n) is 5.45. The highest BCUT2D eigenvalue weighted by molar-refractivity contribution is 5.92. The van der Waals surface area contributed by atoms with Crippen LogP contribution in [0.15, 0.2) is 48.5 Å². The van der Waals surface area contributed by atoms with Gasteiger partial charge in [-0.25, -0.2) is 4.79 Å². The average molecular weight is 327 g/mol. The first-order valence-electron chi connectivity index (χ1n) is 7.67. The van der Waals surface area contributed by atoms with Crippen molar-refractivity contribution in [3.05, 3.63) is 65.2 Å². The monoisotopic (exact) mass is 327 g/mol. The fourth-order valence-corrected chi connectivity index (χ4v) is 2.27. The van der Waals surface area contributed by atoms with Crippen molar-refractivity contribution in [2.24, 2.45) is 0 Å². The zero-order chi connectivity index (χ0) is 17.5. The molecule has 1 N–H and O–H groups in total. The summed E-state index contributed by atoms with van der Waals surface area (Å²) >= 11 is 0. The highest BCUT2D eigenvalue weighted by Crippen LogP contribution is 2.17. The Bertz CT molecular complexity index is 710. The Morgan fingerprint density at radius 3 is 2.38 bits per heavy atom. The Morgan fingerprint density at radius 1 is 1.08 bits per heavy atom. The van der Waals surface area contributed by atoms with Crippen LogP contribution in [0.3, 0.4) is 0 Å². The molecular formula is C19H21NO4. The number of carbonyl (C=O) groups excluding carboxylic acids is 2. The number of aryl methyl sites for hydroxylation is 1. The molecule has 0 spiro atoms. The van der Waals surface area contributed by atoms with Gasteiger partial charge in [0.05, 0.1) is 18.7 Å². The highest BCUT2D eigenvalue weighted by atomic mass is 16.5. The molecule has 1 amide bonds. The van der Waals surface area contributed by atoms with Crippen molar-refractivity contribution in [2.45, 2.75) is 19.9 Å². The van der Waals surface area contributed by atoms with Crippen LogP contribution in [0, 0.1) is 6.92 Å². The van der Waals surface area contributed by atoms with Crippen molar-refractivity contribution in [3.8, 4) is 5.75 Å². The largest absolute Gasteiger partial charge is 0.497 e. The number of hydrogen-bond acceptors (Lipinski definition) is 4. The highest BCUT2D eigenvalue weighted by Gasteiger charge is 2.14. The molecule has 5 nitrogen and oxygen atoms in total. The number of methoxy groups -OCH3 is 1. The van der Waals surface area contributed by atoms with Crippen LogP contribution in [0.5, 0.6) is 5.75 Å². The van der Waals surface area contributed by atoms with E-state index in [0.29, 0.717) is 5.56 Å². The lowest BCUT2D eigenvalue weighted by Gasteiger charge is -2.15. The molecule has 24 heavy (non-hydrogen) atoms. The van der Waals surface area contributed by atoms with E-state index in [1.807, 2.05) is 50.2 Å². The zero-order valence-corrected chi connectivity index (χ0v) is 14.0. The standard InChI is InChI=1S/C19H21NO4/c1-13-6-4-5-7-17(13)19(22)24-12-18(21)20-14(2)15-8-10-16(23-3)11-9-15/h4-11,14H,12H2,1-3H3,(H,20,21)/t14-/m0/s1. The van der Waals surface area contributed by atoms with E-state index in [2.05, 4.69) is 5.32 Å². The molecule has 2 aromatic rings. The molecule has 0 fully saturated rings. The number of esters is 1. The molecule has 0 unspecified atom stereocenters. The van der Waals surface area contributed by atoms with Crippen molar-refractivity contribution in [1.29, 1.82) is 0 Å². The maximum atomic E-state index is 12.0. The Kier molecular flexibility index (Phi) is 5.95. The van der Waals surface area contributed by atoms with Gasteiger partial charge in [0.2, 0.25) is 0 Å². The molecule has 0 aromatic heterocycles. The van der Waals surface area contributed by atoms with E-state index < -0.39 is 5.97 Å². The Morgan fingerprint density at radius 2 is 1.75 bits per heavy atom. The summed E-state index contributed by atoms with van der Waals surface area (Å²) in [6.45, 7) is 3.37. The normalized spacial score (nSPS) is 11.5. The Labute approximate surface area is 141 Å². The van der Waals surface area contributed by atoms with Crippen molar-refractivity contribution >= 4 is 11.9 Å². The van der Waals surface area contributed by atoms with Gasteiger partial charge in [-0.1, -0.05) is 30.3 Å². The van der Waals surface area contributed by atoms with Crippen molar-refractivity contribution in [1.82, 2.24) is 5.32 Å². The van der Waals surface area contributed by atoms with Crippen molar-refractivity contribution in [2.75, 3.05) is 13.7 Å². The SMILES string of the molecule is COc1ccc([C@H](C)NC(=O)COC(=O)c2ccccc2C)cc1. The molecule has 0 heterocycles. The van der Waals surface area contributed by atoms with Crippen molar-refractivity contribution < 1.29 is 19.1 Å². The summed E-state index contributed by atoms with van der Waals surface area (Å²) in [6, 6.07) is 14.3. The first-order valence-corrected chi connectivity index (χ1v) is 7.67. The quantitative estimate of drug-likeness (QED) is 0.828. The number of hydrogen-bond donors (Lipinski definition) is 1. The number of ether oxygens (including phenoxy) is 2. The third kappa shape index (κ3) is 4.59. The number of carbonyl (C=O) groups is 2. The van der Waals surface area contributed by atoms with E-state index in [4.69, 9.17) is 9.47 Å². The predicted molar refractivity (Wildman–Crippen MR) is 91.0 cm³/mol. The van der Waals surface area contributed by atoms with E-state index >= 15 is 0 Å². The lowest BCUT2D eigenvalue weighted by Crippen LogP contribution is -2.31. The van der Waals surface area contributed by atoms with Crippen molar-refractivity contribution in [3.63, 3.8) is 0 Å². The first-order chi connectivity index (χ1) is 11.5. The topological polar surface area (TPSA) is 64.6 Å². The minimum absolute atomic E-state index is 0.194. The summed E-state index contributed by atoms with van der Waals surface area (Å²) in [4.78, 5) is 23.9. The van der Waals surface area contributed by atoms with Crippen LogP contribution in [0.4, 0.5) is 0 Å². The molecule has 126 valence electrons. The van der Waals surface area contributed by atoms with E-state index in [-0.39, 0.29) is 18.6 Å². The van der Waals surface area contributed by atoms with Gasteiger partial charge in [0.1, 0.15) is 5.75 Å². The van der Waals surface area contributed by atoms with E-state index in [1.54, 1.807) is 19.2 Å². The summed E-state index contributed by atoms with van der Waals surface area (Å²) in [6.07, 6.45) is 0. The van der Waals surface area contributed by atoms with Gasteiger partial charge < -0.3 is 14.8 Å². The predicted octanol–water partition coefficient (Wildman–Crippen LogP) is 3.04. The maximum absolute atomic E-state index is 12.0. The summed E-state index contributed by atoms with van der Waals surface area (Å²) in [5, 5.41) is 2.80. The molecule has 2 aromatic carbocycles. The van der Waals surface area contributed by atoms with Crippen LogP contribution in [0.1, 0.15) is 34.5 Å². The molecule has 0 aliphatic carbocycles. The molecule has 0 saturated heterocycles. The van der Waals surface area contributed by atoms with Crippen LogP contribution < -0.4 is 10.1 Å². The minimum Gasteiger partial charge on any atom is -0.497 e. The molecule has 0 saturated carbocycles. The Hall–Kier alpha value is -2.82. The molecule has 5 heteroatoms. The lowest BCUT2D eigenvalue weighted by atomic mass is 10.1. The number of nitrogens with one attached hydrogen (secondary N) is 1. The number of rotatable bonds is 6. The molecule has 1 atom stereocenters. The third-order valence-electron chi connectivity index (χ3n) is 3.69. The van der Waals surface area contributed by atoms with Gasteiger partial charge in [-0.3, -0.25) is 4.79 Å². The van der Waals surface area contributed by atoms with Crippen LogP contribution in [-0.4, -0.2) is 25.6 Å². The summed E-state index contributed by atoms with van der Waals surface area (Å²) in [5.41, 5.74) is 2.22. The lowest BCUT2D eigenvalue weighted by molar-refractivity contribution is -0.124. The average Bonchev–Trinajstić information content (AvgIpc) is 2.60. The van der Waals surface area contributed by atoms with Crippen LogP contribution >= 0.6 is 0 Å². The molecule has 2 rings (SSSR count). The third-order valence-corrected chi connectivity index (χ3v) is 3.69. The van der Waals surface area contributed by atoms with Gasteiger partial charge in [-0.15, -0.1) is 0 Å². The van der Waals surface area contributed by atoms with Gasteiger partial charge in [-0.2, -0.15) is 0 Å². The molecule has 0 aliphatic heterocycles. The van der Waals surface area contributed by atoms with Gasteiger partial charge in [0.25, 0.3) is 5.91 Å². The van der Waals surface area contributed by atoms with E-state index in [1.165, 1.54) is 0 Å². The van der Waals surface area contributed by atoms with Crippen LogP contribution in [0.25, 0.3) is 0 Å². The zero-order valence-electron chi connectivity index (χ0n) is 14.0. The first kappa shape index (κ1) is 17.5. The Balaban J connectivity index is 1.86. The second-order valence-corrected chi connectivity index (χ2v) is 5.45. The summed E-state index contributed by atoms with van der Waals surface area (Å²) in [7, 11) is 1.60. The smallest absolute Gasteiger partial charge is 0.338 e. The molecule has 0 bridgehead atoms. The fourth-order valence-electron chi connectivity index (χ4n) is 2.27. The summed E-state index contributed by atoms with van der Waals surface area (Å²) < 4.78 is 10.2. The molecule has 0 radical (unpaired) electrons. The fraction of sp³-hybridized carbons (Fsp3) is 0.263. The van der Waals surface area contributed by atoms with Gasteiger partial charge in [-0.05, 0) is 43.2 Å². The van der Waals surface area contributed by atoms with Gasteiger partial charge in [0, 0.05) is 0 Å². The molecule has 0 aliphatic rings. The maximum Gasteiger partial charge on any atom is 0.338 e.